The highest BCUT2D eigenvalue weighted by Crippen LogP contribution is 2.21. The van der Waals surface area contributed by atoms with Crippen molar-refractivity contribution in [3.63, 3.8) is 0 Å². The van der Waals surface area contributed by atoms with E-state index < -0.39 is 11.9 Å². The highest BCUT2D eigenvalue weighted by molar-refractivity contribution is 7.16. The maximum Gasteiger partial charge on any atom is 0.337 e. The molecule has 0 saturated heterocycles. The predicted molar refractivity (Wildman–Crippen MR) is 98.5 cm³/mol. The second-order valence-corrected chi connectivity index (χ2v) is 7.07. The zero-order chi connectivity index (χ0) is 18.1. The molecule has 0 unspecified atom stereocenters. The van der Waals surface area contributed by atoms with Crippen molar-refractivity contribution in [2.24, 2.45) is 12.0 Å². The Morgan fingerprint density at radius 1 is 1.08 bits per heavy atom. The van der Waals surface area contributed by atoms with E-state index in [0.29, 0.717) is 26.0 Å². The van der Waals surface area contributed by atoms with Crippen molar-refractivity contribution in [1.29, 1.82) is 0 Å². The largest absolute Gasteiger partial charge is 0.465 e. The van der Waals surface area contributed by atoms with Gasteiger partial charge < -0.3 is 9.30 Å². The number of thiazole rings is 1. The Balaban J connectivity index is 2.08. The number of benzene rings is 2. The third kappa shape index (κ3) is 3.61. The van der Waals surface area contributed by atoms with E-state index in [0.717, 1.165) is 10.2 Å². The van der Waals surface area contributed by atoms with Gasteiger partial charge in [0.2, 0.25) is 0 Å². The molecule has 5 nitrogen and oxygen atoms in total. The van der Waals surface area contributed by atoms with Crippen LogP contribution in [0, 0.1) is 0 Å². The van der Waals surface area contributed by atoms with E-state index in [1.165, 1.54) is 30.6 Å². The number of aryl methyl sites for hydroxylation is 1. The molecule has 0 fully saturated rings. The van der Waals surface area contributed by atoms with Gasteiger partial charge >= 0.3 is 5.97 Å². The molecule has 0 aliphatic rings. The Morgan fingerprint density at radius 2 is 1.76 bits per heavy atom. The minimum atomic E-state index is -0.445. The molecule has 0 aliphatic carbocycles. The van der Waals surface area contributed by atoms with Crippen molar-refractivity contribution in [2.45, 2.75) is 0 Å². The molecule has 128 valence electrons. The van der Waals surface area contributed by atoms with Crippen LogP contribution in [0.3, 0.4) is 0 Å². The van der Waals surface area contributed by atoms with Gasteiger partial charge in [-0.25, -0.2) is 4.79 Å². The van der Waals surface area contributed by atoms with Gasteiger partial charge in [-0.3, -0.25) is 4.79 Å². The molecule has 1 heterocycles. The first kappa shape index (κ1) is 17.7. The van der Waals surface area contributed by atoms with Crippen LogP contribution in [0.2, 0.25) is 10.0 Å². The number of aromatic nitrogens is 1. The van der Waals surface area contributed by atoms with Crippen LogP contribution in [0.5, 0.6) is 0 Å². The van der Waals surface area contributed by atoms with Crippen LogP contribution in [0.4, 0.5) is 0 Å². The first-order valence-electron chi connectivity index (χ1n) is 7.12. The Hall–Kier alpha value is -2.15. The Bertz CT molecular complexity index is 1050. The van der Waals surface area contributed by atoms with Gasteiger partial charge in [-0.15, -0.1) is 0 Å². The Labute approximate surface area is 157 Å². The summed E-state index contributed by atoms with van der Waals surface area (Å²) in [6.07, 6.45) is 0. The molecule has 0 spiro atoms. The van der Waals surface area contributed by atoms with Gasteiger partial charge in [0.1, 0.15) is 0 Å². The summed E-state index contributed by atoms with van der Waals surface area (Å²) in [7, 11) is 3.13. The summed E-state index contributed by atoms with van der Waals surface area (Å²) in [6, 6.07) is 9.75. The lowest BCUT2D eigenvalue weighted by Gasteiger charge is -2.00. The molecule has 0 atom stereocenters. The van der Waals surface area contributed by atoms with Gasteiger partial charge in [0.25, 0.3) is 5.91 Å². The van der Waals surface area contributed by atoms with Crippen molar-refractivity contribution >= 4 is 56.6 Å². The number of hydrogen-bond acceptors (Lipinski definition) is 4. The lowest BCUT2D eigenvalue weighted by Crippen LogP contribution is -2.13. The second kappa shape index (κ2) is 7.00. The van der Waals surface area contributed by atoms with Crippen LogP contribution < -0.4 is 4.80 Å². The number of hydrogen-bond donors (Lipinski definition) is 0. The van der Waals surface area contributed by atoms with Crippen LogP contribution in [-0.2, 0) is 11.8 Å². The first-order chi connectivity index (χ1) is 11.9. The lowest BCUT2D eigenvalue weighted by atomic mass is 10.2. The lowest BCUT2D eigenvalue weighted by molar-refractivity contribution is 0.0601. The Kier molecular flexibility index (Phi) is 4.94. The minimum absolute atomic E-state index is 0.310. The van der Waals surface area contributed by atoms with Crippen molar-refractivity contribution in [2.75, 3.05) is 7.11 Å². The van der Waals surface area contributed by atoms with Crippen LogP contribution in [0.15, 0.2) is 41.4 Å². The molecule has 0 radical (unpaired) electrons. The molecule has 2 aromatic carbocycles. The first-order valence-corrected chi connectivity index (χ1v) is 8.69. The highest BCUT2D eigenvalue weighted by Gasteiger charge is 2.11. The number of esters is 1. The molecule has 3 aromatic rings. The van der Waals surface area contributed by atoms with Gasteiger partial charge in [0, 0.05) is 22.7 Å². The topological polar surface area (TPSA) is 60.7 Å². The number of methoxy groups -OCH3 is 1. The van der Waals surface area contributed by atoms with Crippen molar-refractivity contribution in [1.82, 2.24) is 4.57 Å². The molecule has 1 amide bonds. The zero-order valence-electron chi connectivity index (χ0n) is 13.2. The number of carbonyl (C=O) groups is 2. The number of halogens is 2. The fourth-order valence-electron chi connectivity index (χ4n) is 2.31. The van der Waals surface area contributed by atoms with E-state index >= 15 is 0 Å². The SMILES string of the molecule is COC(=O)c1ccc2c(c1)sc(=NC(=O)c1cc(Cl)cc(Cl)c1)n2C. The number of fused-ring (bicyclic) bond motifs is 1. The van der Waals surface area contributed by atoms with Gasteiger partial charge in [-0.05, 0) is 36.4 Å². The second-order valence-electron chi connectivity index (χ2n) is 5.19. The standard InChI is InChI=1S/C17H12Cl2N2O3S/c1-21-13-4-3-9(16(23)24-2)7-14(13)25-17(21)20-15(22)10-5-11(18)8-12(19)6-10/h3-8H,1-2H3. The molecule has 1 aromatic heterocycles. The summed E-state index contributed by atoms with van der Waals surface area (Å²) in [5.41, 5.74) is 1.61. The molecular formula is C17H12Cl2N2O3S. The van der Waals surface area contributed by atoms with Crippen LogP contribution >= 0.6 is 34.5 Å². The molecule has 0 aliphatic heterocycles. The summed E-state index contributed by atoms with van der Waals surface area (Å²) in [5.74, 6) is -0.860. The van der Waals surface area contributed by atoms with Crippen molar-refractivity contribution < 1.29 is 14.3 Å². The fraction of sp³-hybridized carbons (Fsp3) is 0.118. The monoisotopic (exact) mass is 394 g/mol. The number of rotatable bonds is 2. The number of nitrogens with zero attached hydrogens (tertiary/aromatic N) is 2. The summed E-state index contributed by atoms with van der Waals surface area (Å²) < 4.78 is 7.33. The van der Waals surface area contributed by atoms with Crippen molar-refractivity contribution in [3.05, 3.63) is 62.4 Å². The van der Waals surface area contributed by atoms with Gasteiger partial charge in [0.05, 0.1) is 22.9 Å². The fourth-order valence-corrected chi connectivity index (χ4v) is 3.90. The van der Waals surface area contributed by atoms with Crippen LogP contribution in [-0.4, -0.2) is 23.6 Å². The minimum Gasteiger partial charge on any atom is -0.465 e. The number of amides is 1. The average Bonchev–Trinajstić information content (AvgIpc) is 2.88. The summed E-state index contributed by atoms with van der Waals surface area (Å²) >= 11 is 13.2. The third-order valence-electron chi connectivity index (χ3n) is 3.54. The zero-order valence-corrected chi connectivity index (χ0v) is 15.6. The maximum atomic E-state index is 12.4. The van der Waals surface area contributed by atoms with Crippen LogP contribution in [0.1, 0.15) is 20.7 Å². The van der Waals surface area contributed by atoms with E-state index in [4.69, 9.17) is 27.9 Å². The van der Waals surface area contributed by atoms with Gasteiger partial charge in [0.15, 0.2) is 4.80 Å². The molecule has 3 rings (SSSR count). The molecule has 25 heavy (non-hydrogen) atoms. The predicted octanol–water partition coefficient (Wildman–Crippen LogP) is 4.07. The van der Waals surface area contributed by atoms with E-state index in [1.807, 2.05) is 0 Å². The Morgan fingerprint density at radius 3 is 2.40 bits per heavy atom. The highest BCUT2D eigenvalue weighted by atomic mass is 35.5. The molecular weight excluding hydrogens is 383 g/mol. The number of ether oxygens (including phenoxy) is 1. The summed E-state index contributed by atoms with van der Waals surface area (Å²) in [5, 5.41) is 0.740. The maximum absolute atomic E-state index is 12.4. The molecule has 8 heteroatoms. The quantitative estimate of drug-likeness (QED) is 0.615. The van der Waals surface area contributed by atoms with Crippen molar-refractivity contribution in [3.8, 4) is 0 Å². The third-order valence-corrected chi connectivity index (χ3v) is 5.07. The molecule has 0 N–H and O–H groups in total. The smallest absolute Gasteiger partial charge is 0.337 e. The van der Waals surface area contributed by atoms with E-state index in [1.54, 1.807) is 35.9 Å². The molecule has 0 bridgehead atoms. The average molecular weight is 395 g/mol. The summed E-state index contributed by atoms with van der Waals surface area (Å²) in [6.45, 7) is 0. The van der Waals surface area contributed by atoms with Crippen LogP contribution in [0.25, 0.3) is 10.2 Å². The van der Waals surface area contributed by atoms with E-state index in [-0.39, 0.29) is 0 Å². The van der Waals surface area contributed by atoms with Gasteiger partial charge in [-0.2, -0.15) is 4.99 Å². The number of carbonyl (C=O) groups excluding carboxylic acids is 2. The van der Waals surface area contributed by atoms with E-state index in [9.17, 15) is 9.59 Å². The molecule has 0 saturated carbocycles. The normalized spacial score (nSPS) is 11.8. The van der Waals surface area contributed by atoms with Gasteiger partial charge in [-0.1, -0.05) is 34.5 Å². The summed E-state index contributed by atoms with van der Waals surface area (Å²) in [4.78, 5) is 28.7. The van der Waals surface area contributed by atoms with E-state index in [2.05, 4.69) is 4.99 Å².